The molecular formula is C32H33F3N4O2. The van der Waals surface area contributed by atoms with Crippen LogP contribution in [0.3, 0.4) is 0 Å². The van der Waals surface area contributed by atoms with Gasteiger partial charge in [0.25, 0.3) is 0 Å². The molecule has 1 atom stereocenters. The van der Waals surface area contributed by atoms with E-state index in [0.717, 1.165) is 36.6 Å². The summed E-state index contributed by atoms with van der Waals surface area (Å²) in [7, 11) is 0. The molecule has 2 heterocycles. The van der Waals surface area contributed by atoms with Crippen LogP contribution in [0.25, 0.3) is 0 Å². The van der Waals surface area contributed by atoms with E-state index in [1.165, 1.54) is 33.4 Å². The van der Waals surface area contributed by atoms with E-state index in [1.807, 2.05) is 0 Å². The number of hydrogen-bond acceptors (Lipinski definition) is 5. The Bertz CT molecular complexity index is 1490. The monoisotopic (exact) mass is 562 g/mol. The van der Waals surface area contributed by atoms with Crippen molar-refractivity contribution in [3.05, 3.63) is 112 Å². The minimum Gasteiger partial charge on any atom is -0.475 e. The average Bonchev–Trinajstić information content (AvgIpc) is 3.34. The lowest BCUT2D eigenvalue weighted by molar-refractivity contribution is -0.192. The SMILES string of the molecule is Cc1cc(C)c(Nc2nc(C)c3c(n2)N(C(Cc2ccccc2)c2ccccc2)CC3)c(C)c1.O=C(O)C(F)(F)F. The number of benzene rings is 3. The number of halogens is 3. The first kappa shape index (κ1) is 29.6. The van der Waals surface area contributed by atoms with Gasteiger partial charge in [-0.25, -0.2) is 9.78 Å². The van der Waals surface area contributed by atoms with E-state index in [4.69, 9.17) is 19.9 Å². The second-order valence-corrected chi connectivity index (χ2v) is 10.2. The predicted molar refractivity (Wildman–Crippen MR) is 155 cm³/mol. The molecule has 4 aromatic rings. The molecule has 0 amide bonds. The van der Waals surface area contributed by atoms with Crippen LogP contribution in [0.4, 0.5) is 30.6 Å². The van der Waals surface area contributed by atoms with Crippen molar-refractivity contribution in [2.75, 3.05) is 16.8 Å². The van der Waals surface area contributed by atoms with Crippen molar-refractivity contribution < 1.29 is 23.1 Å². The number of aryl methyl sites for hydroxylation is 4. The zero-order valence-electron chi connectivity index (χ0n) is 23.5. The van der Waals surface area contributed by atoms with Crippen LogP contribution in [-0.2, 0) is 17.6 Å². The number of rotatable bonds is 6. The van der Waals surface area contributed by atoms with Crippen molar-refractivity contribution in [2.24, 2.45) is 0 Å². The quantitative estimate of drug-likeness (QED) is 0.254. The van der Waals surface area contributed by atoms with Gasteiger partial charge in [0, 0.05) is 23.5 Å². The van der Waals surface area contributed by atoms with Gasteiger partial charge >= 0.3 is 12.1 Å². The van der Waals surface area contributed by atoms with Gasteiger partial charge < -0.3 is 15.3 Å². The summed E-state index contributed by atoms with van der Waals surface area (Å²) in [5.74, 6) is -1.03. The fourth-order valence-corrected chi connectivity index (χ4v) is 5.22. The molecule has 1 aliphatic heterocycles. The van der Waals surface area contributed by atoms with Gasteiger partial charge in [-0.1, -0.05) is 78.4 Å². The zero-order valence-corrected chi connectivity index (χ0v) is 23.5. The Kier molecular flexibility index (Phi) is 8.95. The van der Waals surface area contributed by atoms with Crippen LogP contribution in [0, 0.1) is 27.7 Å². The van der Waals surface area contributed by atoms with Gasteiger partial charge in [-0.15, -0.1) is 0 Å². The van der Waals surface area contributed by atoms with E-state index in [2.05, 4.69) is 111 Å². The van der Waals surface area contributed by atoms with E-state index in [1.54, 1.807) is 0 Å². The van der Waals surface area contributed by atoms with Crippen molar-refractivity contribution in [3.63, 3.8) is 0 Å². The highest BCUT2D eigenvalue weighted by Crippen LogP contribution is 2.38. The van der Waals surface area contributed by atoms with Gasteiger partial charge in [0.2, 0.25) is 5.95 Å². The Hall–Kier alpha value is -4.40. The molecule has 0 saturated carbocycles. The van der Waals surface area contributed by atoms with Gasteiger partial charge in [0.15, 0.2) is 0 Å². The maximum Gasteiger partial charge on any atom is 0.490 e. The van der Waals surface area contributed by atoms with Crippen LogP contribution in [0.2, 0.25) is 0 Å². The Morgan fingerprint density at radius 3 is 2.07 bits per heavy atom. The fraction of sp³-hybridized carbons (Fsp3) is 0.281. The van der Waals surface area contributed by atoms with Crippen LogP contribution in [0.15, 0.2) is 72.8 Å². The van der Waals surface area contributed by atoms with Crippen molar-refractivity contribution in [3.8, 4) is 0 Å². The molecule has 6 nitrogen and oxygen atoms in total. The summed E-state index contributed by atoms with van der Waals surface area (Å²) in [6.45, 7) is 9.47. The summed E-state index contributed by atoms with van der Waals surface area (Å²) in [5, 5.41) is 10.7. The van der Waals surface area contributed by atoms with Crippen molar-refractivity contribution >= 4 is 23.4 Å². The number of alkyl halides is 3. The molecule has 1 aliphatic rings. The third kappa shape index (κ3) is 7.22. The average molecular weight is 563 g/mol. The Morgan fingerprint density at radius 2 is 1.51 bits per heavy atom. The summed E-state index contributed by atoms with van der Waals surface area (Å²) in [6.07, 6.45) is -3.17. The lowest BCUT2D eigenvalue weighted by atomic mass is 9.97. The van der Waals surface area contributed by atoms with Crippen LogP contribution in [0.5, 0.6) is 0 Å². The lowest BCUT2D eigenvalue weighted by Gasteiger charge is -2.30. The molecule has 2 N–H and O–H groups in total. The second kappa shape index (κ2) is 12.4. The number of aliphatic carboxylic acids is 1. The van der Waals surface area contributed by atoms with Crippen molar-refractivity contribution in [1.29, 1.82) is 0 Å². The molecule has 3 aromatic carbocycles. The number of aromatic nitrogens is 2. The smallest absolute Gasteiger partial charge is 0.475 e. The Balaban J connectivity index is 0.000000493. The van der Waals surface area contributed by atoms with E-state index in [0.29, 0.717) is 5.95 Å². The van der Waals surface area contributed by atoms with Gasteiger partial charge in [0.1, 0.15) is 5.82 Å². The highest BCUT2D eigenvalue weighted by Gasteiger charge is 2.38. The maximum atomic E-state index is 10.6. The summed E-state index contributed by atoms with van der Waals surface area (Å²) in [6, 6.07) is 26.2. The Morgan fingerprint density at radius 1 is 0.951 bits per heavy atom. The molecule has 0 fully saturated rings. The summed E-state index contributed by atoms with van der Waals surface area (Å²) < 4.78 is 31.7. The number of anilines is 3. The van der Waals surface area contributed by atoms with E-state index in [-0.39, 0.29) is 6.04 Å². The molecule has 1 aromatic heterocycles. The van der Waals surface area contributed by atoms with E-state index < -0.39 is 12.1 Å². The minimum absolute atomic E-state index is 0.217. The van der Waals surface area contributed by atoms with Gasteiger partial charge in [-0.05, 0) is 62.8 Å². The first-order valence-electron chi connectivity index (χ1n) is 13.3. The highest BCUT2D eigenvalue weighted by molar-refractivity contribution is 5.73. The number of hydrogen-bond donors (Lipinski definition) is 2. The second-order valence-electron chi connectivity index (χ2n) is 10.2. The number of fused-ring (bicyclic) bond motifs is 1. The first-order valence-corrected chi connectivity index (χ1v) is 13.3. The van der Waals surface area contributed by atoms with E-state index in [9.17, 15) is 13.2 Å². The molecule has 0 aliphatic carbocycles. The molecule has 5 rings (SSSR count). The normalized spacial score (nSPS) is 13.2. The van der Waals surface area contributed by atoms with Gasteiger partial charge in [-0.2, -0.15) is 18.2 Å². The van der Waals surface area contributed by atoms with Crippen LogP contribution in [0.1, 0.15) is 45.1 Å². The summed E-state index contributed by atoms with van der Waals surface area (Å²) >= 11 is 0. The molecule has 0 bridgehead atoms. The first-order chi connectivity index (χ1) is 19.4. The third-order valence-electron chi connectivity index (χ3n) is 7.06. The predicted octanol–water partition coefficient (Wildman–Crippen LogP) is 7.43. The molecule has 0 saturated heterocycles. The molecule has 214 valence electrons. The number of nitrogens with one attached hydrogen (secondary N) is 1. The largest absolute Gasteiger partial charge is 0.490 e. The zero-order chi connectivity index (χ0) is 29.7. The summed E-state index contributed by atoms with van der Waals surface area (Å²) in [5.41, 5.74) is 9.75. The molecular weight excluding hydrogens is 529 g/mol. The van der Waals surface area contributed by atoms with Gasteiger partial charge in [0.05, 0.1) is 6.04 Å². The third-order valence-corrected chi connectivity index (χ3v) is 7.06. The van der Waals surface area contributed by atoms with Gasteiger partial charge in [-0.3, -0.25) is 0 Å². The van der Waals surface area contributed by atoms with Crippen molar-refractivity contribution in [2.45, 2.75) is 52.8 Å². The van der Waals surface area contributed by atoms with Crippen LogP contribution in [-0.4, -0.2) is 33.8 Å². The topological polar surface area (TPSA) is 78.4 Å². The maximum absolute atomic E-state index is 10.6. The molecule has 9 heteroatoms. The Labute approximate surface area is 237 Å². The number of carboxylic acids is 1. The van der Waals surface area contributed by atoms with E-state index >= 15 is 0 Å². The fourth-order valence-electron chi connectivity index (χ4n) is 5.22. The molecule has 0 spiro atoms. The number of carboxylic acid groups (broad SMARTS) is 1. The minimum atomic E-state index is -5.08. The lowest BCUT2D eigenvalue weighted by Crippen LogP contribution is -2.29. The highest BCUT2D eigenvalue weighted by atomic mass is 19.4. The van der Waals surface area contributed by atoms with Crippen LogP contribution < -0.4 is 10.2 Å². The standard InChI is InChI=1S/C30H32N4.C2HF3O2/c1-20-17-21(2)28(22(3)18-20)32-30-31-23(4)26-15-16-34(29(26)33-30)27(25-13-9-6-10-14-25)19-24-11-7-5-8-12-24;3-2(4,5)1(6)7/h5-14,17-18,27H,15-16,19H2,1-4H3,(H,31,32,33);(H,6,7). The number of carbonyl (C=O) groups is 1. The van der Waals surface area contributed by atoms with Crippen LogP contribution >= 0.6 is 0 Å². The number of nitrogens with zero attached hydrogens (tertiary/aromatic N) is 3. The molecule has 0 radical (unpaired) electrons. The summed E-state index contributed by atoms with van der Waals surface area (Å²) in [4.78, 5) is 21.3. The molecule has 41 heavy (non-hydrogen) atoms. The molecule has 1 unspecified atom stereocenters. The van der Waals surface area contributed by atoms with Crippen molar-refractivity contribution in [1.82, 2.24) is 9.97 Å².